The minimum absolute atomic E-state index is 0.123. The van der Waals surface area contributed by atoms with Crippen molar-refractivity contribution in [3.63, 3.8) is 0 Å². The number of thioether (sulfide) groups is 1. The van der Waals surface area contributed by atoms with Gasteiger partial charge in [-0.25, -0.2) is 9.97 Å². The molecule has 2 saturated heterocycles. The average Bonchev–Trinajstić information content (AvgIpc) is 2.71. The Labute approximate surface area is 169 Å². The van der Waals surface area contributed by atoms with Crippen molar-refractivity contribution in [2.45, 2.75) is 31.1 Å². The summed E-state index contributed by atoms with van der Waals surface area (Å²) in [5.74, 6) is 1.33. The Hall–Kier alpha value is -1.90. The van der Waals surface area contributed by atoms with Gasteiger partial charge in [0.2, 0.25) is 5.91 Å². The third-order valence-corrected chi connectivity index (χ3v) is 5.88. The van der Waals surface area contributed by atoms with E-state index in [4.69, 9.17) is 19.4 Å². The third kappa shape index (κ3) is 4.39. The molecule has 0 spiro atoms. The number of hydrogen-bond donors (Lipinski definition) is 0. The first-order chi connectivity index (χ1) is 13.6. The standard InChI is InChI=1S/C20H26N4O3S/c1-14-11-24(12-15(2)27-14)19-20(22-17-6-4-3-5-16(17)21-19)28-13-18(25)23-7-9-26-10-8-23/h3-6,14-15H,7-13H2,1-2H3. The number of morpholine rings is 2. The number of para-hydroxylation sites is 2. The predicted octanol–water partition coefficient (Wildman–Crippen LogP) is 2.19. The normalized spacial score (nSPS) is 23.2. The monoisotopic (exact) mass is 402 g/mol. The lowest BCUT2D eigenvalue weighted by molar-refractivity contribution is -0.132. The fraction of sp³-hybridized carbons (Fsp3) is 0.550. The number of nitrogens with zero attached hydrogens (tertiary/aromatic N) is 4. The lowest BCUT2D eigenvalue weighted by Crippen LogP contribution is -2.46. The third-order valence-electron chi connectivity index (χ3n) is 4.94. The van der Waals surface area contributed by atoms with Crippen LogP contribution < -0.4 is 4.90 Å². The van der Waals surface area contributed by atoms with Crippen LogP contribution in [0.4, 0.5) is 5.82 Å². The Bertz CT molecular complexity index is 833. The van der Waals surface area contributed by atoms with E-state index in [1.165, 1.54) is 11.8 Å². The molecule has 2 unspecified atom stereocenters. The number of ether oxygens (including phenoxy) is 2. The molecule has 2 aromatic rings. The highest BCUT2D eigenvalue weighted by atomic mass is 32.2. The first-order valence-electron chi connectivity index (χ1n) is 9.75. The molecule has 3 heterocycles. The van der Waals surface area contributed by atoms with Gasteiger partial charge in [-0.05, 0) is 26.0 Å². The van der Waals surface area contributed by atoms with Gasteiger partial charge in [-0.2, -0.15) is 0 Å². The fourth-order valence-corrected chi connectivity index (χ4v) is 4.57. The van der Waals surface area contributed by atoms with E-state index in [1.807, 2.05) is 29.2 Å². The number of carbonyl (C=O) groups excluding carboxylic acids is 1. The molecule has 2 atom stereocenters. The van der Waals surface area contributed by atoms with E-state index in [0.29, 0.717) is 32.1 Å². The van der Waals surface area contributed by atoms with Gasteiger partial charge in [0, 0.05) is 26.2 Å². The summed E-state index contributed by atoms with van der Waals surface area (Å²) >= 11 is 1.47. The highest BCUT2D eigenvalue weighted by Gasteiger charge is 2.27. The average molecular weight is 403 g/mol. The molecule has 0 radical (unpaired) electrons. The molecule has 2 aliphatic heterocycles. The Morgan fingerprint density at radius 2 is 1.75 bits per heavy atom. The molecule has 0 saturated carbocycles. The molecule has 0 N–H and O–H groups in total. The zero-order chi connectivity index (χ0) is 19.5. The topological polar surface area (TPSA) is 67.8 Å². The minimum atomic E-state index is 0.123. The maximum Gasteiger partial charge on any atom is 0.233 e. The largest absolute Gasteiger partial charge is 0.378 e. The van der Waals surface area contributed by atoms with Crippen molar-refractivity contribution >= 4 is 34.5 Å². The second-order valence-corrected chi connectivity index (χ2v) is 8.25. The SMILES string of the molecule is CC1CN(c2nc3ccccc3nc2SCC(=O)N2CCOCC2)CC(C)O1. The zero-order valence-electron chi connectivity index (χ0n) is 16.3. The van der Waals surface area contributed by atoms with Crippen molar-refractivity contribution in [2.75, 3.05) is 50.0 Å². The van der Waals surface area contributed by atoms with E-state index in [1.54, 1.807) is 0 Å². The van der Waals surface area contributed by atoms with Crippen molar-refractivity contribution in [3.05, 3.63) is 24.3 Å². The summed E-state index contributed by atoms with van der Waals surface area (Å²) in [7, 11) is 0. The maximum atomic E-state index is 12.6. The summed E-state index contributed by atoms with van der Waals surface area (Å²) in [6.07, 6.45) is 0.259. The second kappa shape index (κ2) is 8.63. The Morgan fingerprint density at radius 3 is 2.43 bits per heavy atom. The summed E-state index contributed by atoms with van der Waals surface area (Å²) < 4.78 is 11.2. The smallest absolute Gasteiger partial charge is 0.233 e. The molecular formula is C20H26N4O3S. The number of benzene rings is 1. The zero-order valence-corrected chi connectivity index (χ0v) is 17.2. The summed E-state index contributed by atoms with van der Waals surface area (Å²) in [6.45, 7) is 8.23. The number of rotatable bonds is 4. The van der Waals surface area contributed by atoms with Gasteiger partial charge in [0.15, 0.2) is 5.82 Å². The summed E-state index contributed by atoms with van der Waals surface area (Å²) in [4.78, 5) is 26.4. The number of hydrogen-bond acceptors (Lipinski definition) is 7. The number of anilines is 1. The summed E-state index contributed by atoms with van der Waals surface area (Å²) in [5.41, 5.74) is 1.72. The van der Waals surface area contributed by atoms with Gasteiger partial charge in [0.05, 0.1) is 42.2 Å². The van der Waals surface area contributed by atoms with Crippen molar-refractivity contribution in [1.82, 2.24) is 14.9 Å². The van der Waals surface area contributed by atoms with Gasteiger partial charge in [0.1, 0.15) is 5.03 Å². The summed E-state index contributed by atoms with van der Waals surface area (Å²) in [6, 6.07) is 7.88. The van der Waals surface area contributed by atoms with Gasteiger partial charge >= 0.3 is 0 Å². The van der Waals surface area contributed by atoms with Crippen LogP contribution in [0.2, 0.25) is 0 Å². The van der Waals surface area contributed by atoms with Crippen LogP contribution in [0.5, 0.6) is 0 Å². The lowest BCUT2D eigenvalue weighted by Gasteiger charge is -2.36. The van der Waals surface area contributed by atoms with Crippen LogP contribution in [0.25, 0.3) is 11.0 Å². The van der Waals surface area contributed by atoms with E-state index >= 15 is 0 Å². The second-order valence-electron chi connectivity index (χ2n) is 7.29. The quantitative estimate of drug-likeness (QED) is 0.726. The van der Waals surface area contributed by atoms with Crippen LogP contribution in [0.3, 0.4) is 0 Å². The highest BCUT2D eigenvalue weighted by Crippen LogP contribution is 2.31. The molecule has 2 fully saturated rings. The van der Waals surface area contributed by atoms with Crippen LogP contribution in [0.15, 0.2) is 29.3 Å². The van der Waals surface area contributed by atoms with Crippen LogP contribution in [0.1, 0.15) is 13.8 Å². The highest BCUT2D eigenvalue weighted by molar-refractivity contribution is 8.00. The van der Waals surface area contributed by atoms with E-state index in [0.717, 1.165) is 35.0 Å². The number of fused-ring (bicyclic) bond motifs is 1. The number of amides is 1. The van der Waals surface area contributed by atoms with Crippen molar-refractivity contribution in [1.29, 1.82) is 0 Å². The van der Waals surface area contributed by atoms with Gasteiger partial charge in [-0.15, -0.1) is 0 Å². The van der Waals surface area contributed by atoms with Gasteiger partial charge in [-0.3, -0.25) is 4.79 Å². The molecule has 7 nitrogen and oxygen atoms in total. The lowest BCUT2D eigenvalue weighted by atomic mass is 10.2. The molecular weight excluding hydrogens is 376 g/mol. The molecule has 0 aliphatic carbocycles. The first kappa shape index (κ1) is 19.4. The van der Waals surface area contributed by atoms with Crippen molar-refractivity contribution in [3.8, 4) is 0 Å². The van der Waals surface area contributed by atoms with Crippen LogP contribution in [-0.2, 0) is 14.3 Å². The molecule has 2 aliphatic rings. The van der Waals surface area contributed by atoms with Gasteiger partial charge in [-0.1, -0.05) is 23.9 Å². The fourth-order valence-electron chi connectivity index (χ4n) is 3.66. The van der Waals surface area contributed by atoms with Crippen LogP contribution >= 0.6 is 11.8 Å². The first-order valence-corrected chi connectivity index (χ1v) is 10.7. The minimum Gasteiger partial charge on any atom is -0.378 e. The van der Waals surface area contributed by atoms with E-state index in [-0.39, 0.29) is 18.1 Å². The van der Waals surface area contributed by atoms with Crippen LogP contribution in [-0.4, -0.2) is 78.1 Å². The Morgan fingerprint density at radius 1 is 1.11 bits per heavy atom. The molecule has 150 valence electrons. The van der Waals surface area contributed by atoms with Crippen LogP contribution in [0, 0.1) is 0 Å². The van der Waals surface area contributed by atoms with Gasteiger partial charge in [0.25, 0.3) is 0 Å². The molecule has 8 heteroatoms. The van der Waals surface area contributed by atoms with Gasteiger partial charge < -0.3 is 19.3 Å². The maximum absolute atomic E-state index is 12.6. The Kier molecular flexibility index (Phi) is 5.99. The summed E-state index contributed by atoms with van der Waals surface area (Å²) in [5, 5.41) is 0.807. The van der Waals surface area contributed by atoms with Crippen molar-refractivity contribution < 1.29 is 14.3 Å². The molecule has 4 rings (SSSR count). The van der Waals surface area contributed by atoms with E-state index in [2.05, 4.69) is 18.7 Å². The molecule has 28 heavy (non-hydrogen) atoms. The Balaban J connectivity index is 1.58. The number of aromatic nitrogens is 2. The molecule has 1 aromatic carbocycles. The molecule has 0 bridgehead atoms. The van der Waals surface area contributed by atoms with E-state index < -0.39 is 0 Å². The molecule has 1 amide bonds. The predicted molar refractivity (Wildman–Crippen MR) is 110 cm³/mol. The van der Waals surface area contributed by atoms with Crippen molar-refractivity contribution in [2.24, 2.45) is 0 Å². The molecule has 1 aromatic heterocycles. The van der Waals surface area contributed by atoms with E-state index in [9.17, 15) is 4.79 Å². The number of carbonyl (C=O) groups is 1.